The molecule has 2 aliphatic rings. The average molecular weight is 537 g/mol. The average Bonchev–Trinajstić information content (AvgIpc) is 3.32. The van der Waals surface area contributed by atoms with Crippen molar-refractivity contribution in [2.75, 3.05) is 11.9 Å². The third kappa shape index (κ3) is 4.69. The summed E-state index contributed by atoms with van der Waals surface area (Å²) in [6.07, 6.45) is -2.38. The smallest absolute Gasteiger partial charge is 0.312 e. The van der Waals surface area contributed by atoms with Gasteiger partial charge in [-0.2, -0.15) is 8.78 Å². The number of benzene rings is 2. The fourth-order valence-electron chi connectivity index (χ4n) is 4.19. The molecule has 0 radical (unpaired) electrons. The van der Waals surface area contributed by atoms with Gasteiger partial charge in [-0.15, -0.1) is 5.10 Å². The second-order valence-electron chi connectivity index (χ2n) is 9.23. The van der Waals surface area contributed by atoms with Crippen molar-refractivity contribution in [1.82, 2.24) is 15.1 Å². The van der Waals surface area contributed by atoms with Crippen molar-refractivity contribution >= 4 is 29.2 Å². The van der Waals surface area contributed by atoms with E-state index in [9.17, 15) is 27.2 Å². The molecule has 1 saturated carbocycles. The van der Waals surface area contributed by atoms with Crippen molar-refractivity contribution in [2.24, 2.45) is 5.92 Å². The van der Waals surface area contributed by atoms with Crippen molar-refractivity contribution in [3.63, 3.8) is 0 Å². The first kappa shape index (κ1) is 25.2. The van der Waals surface area contributed by atoms with Crippen LogP contribution in [0.4, 0.5) is 23.4 Å². The van der Waals surface area contributed by atoms with Crippen LogP contribution in [0, 0.1) is 11.7 Å². The fourth-order valence-corrected chi connectivity index (χ4v) is 4.32. The van der Waals surface area contributed by atoms with Crippen LogP contribution in [0.1, 0.15) is 18.9 Å². The Morgan fingerprint density at radius 2 is 1.95 bits per heavy atom. The quantitative estimate of drug-likeness (QED) is 0.430. The Morgan fingerprint density at radius 3 is 2.57 bits per heavy atom. The van der Waals surface area contributed by atoms with Crippen LogP contribution in [0.2, 0.25) is 5.02 Å². The Bertz CT molecular complexity index is 1380. The molecule has 2 fully saturated rings. The van der Waals surface area contributed by atoms with Gasteiger partial charge in [-0.3, -0.25) is 9.59 Å². The number of hydrogen-bond acceptors (Lipinski definition) is 4. The van der Waals surface area contributed by atoms with Gasteiger partial charge in [0.25, 0.3) is 0 Å². The van der Waals surface area contributed by atoms with E-state index in [-0.39, 0.29) is 30.3 Å². The third-order valence-corrected chi connectivity index (χ3v) is 6.80. The Morgan fingerprint density at radius 1 is 1.24 bits per heavy atom. The predicted octanol–water partition coefficient (Wildman–Crippen LogP) is 4.67. The van der Waals surface area contributed by atoms with E-state index in [1.165, 1.54) is 22.9 Å². The molecule has 2 amide bonds. The lowest BCUT2D eigenvalue weighted by atomic mass is 10.1. The predicted molar refractivity (Wildman–Crippen MR) is 127 cm³/mol. The van der Waals surface area contributed by atoms with E-state index in [4.69, 9.17) is 16.3 Å². The Kier molecular flexibility index (Phi) is 6.23. The first-order valence-electron chi connectivity index (χ1n) is 11.4. The molecule has 2 heterocycles. The number of amides is 2. The number of anilines is 1. The summed E-state index contributed by atoms with van der Waals surface area (Å²) in [5, 5.41) is 10.2. The summed E-state index contributed by atoms with van der Waals surface area (Å²) in [5.74, 6) is -5.32. The van der Waals surface area contributed by atoms with Crippen LogP contribution in [-0.2, 0) is 20.9 Å². The van der Waals surface area contributed by atoms with Gasteiger partial charge in [-0.05, 0) is 55.0 Å². The second-order valence-corrected chi connectivity index (χ2v) is 9.66. The zero-order valence-electron chi connectivity index (χ0n) is 19.4. The van der Waals surface area contributed by atoms with E-state index < -0.39 is 41.9 Å². The molecule has 2 aromatic carbocycles. The summed E-state index contributed by atoms with van der Waals surface area (Å²) in [6, 6.07) is 11.9. The number of ether oxygens (including phenoxy) is 1. The number of carbonyl (C=O) groups is 2. The van der Waals surface area contributed by atoms with Gasteiger partial charge in [0.05, 0.1) is 23.9 Å². The Labute approximate surface area is 213 Å². The molecule has 7 nitrogen and oxygen atoms in total. The number of nitrogens with zero attached hydrogens (tertiary/aromatic N) is 2. The topological polar surface area (TPSA) is 85.2 Å². The molecule has 2 unspecified atom stereocenters. The zero-order valence-corrected chi connectivity index (χ0v) is 20.2. The van der Waals surface area contributed by atoms with Gasteiger partial charge < -0.3 is 15.4 Å². The fraction of sp³-hybridized carbons (Fsp3) is 0.320. The van der Waals surface area contributed by atoms with E-state index in [1.54, 1.807) is 24.3 Å². The highest BCUT2D eigenvalue weighted by Crippen LogP contribution is 2.57. The molecular formula is C25H21ClF4N4O3. The summed E-state index contributed by atoms with van der Waals surface area (Å²) in [5.41, 5.74) is -0.839. The summed E-state index contributed by atoms with van der Waals surface area (Å²) in [4.78, 5) is 24.1. The number of hydrogen-bond donors (Lipinski definition) is 2. The molecular weight excluding hydrogens is 516 g/mol. The van der Waals surface area contributed by atoms with Gasteiger partial charge in [0.1, 0.15) is 5.82 Å². The summed E-state index contributed by atoms with van der Waals surface area (Å²) in [6.45, 7) is 0.731. The standard InChI is InChI=1S/C25H21ClF4N4O3/c1-24(23(28)25(24,29)30)37-12-13-6-14(8-17(27)7-13)19-10-20(32-22(36)15-9-21(35)31-11-15)33-34(19)18-4-2-16(26)3-5-18/h2-8,10,15,23H,9,11-12H2,1H3,(H,31,35)(H,32,33,36)/t15-,23?,24?/m0/s1. The van der Waals surface area contributed by atoms with E-state index in [1.807, 2.05) is 0 Å². The molecule has 5 rings (SSSR count). The maximum Gasteiger partial charge on any atom is 0.312 e. The van der Waals surface area contributed by atoms with Gasteiger partial charge in [0, 0.05) is 29.6 Å². The normalized spacial score (nSPS) is 24.1. The molecule has 1 aliphatic heterocycles. The lowest BCUT2D eigenvalue weighted by molar-refractivity contribution is -0.123. The zero-order chi connectivity index (χ0) is 26.5. The first-order valence-corrected chi connectivity index (χ1v) is 11.7. The largest absolute Gasteiger partial charge is 0.361 e. The summed E-state index contributed by atoms with van der Waals surface area (Å²) >= 11 is 6.00. The van der Waals surface area contributed by atoms with E-state index in [2.05, 4.69) is 15.7 Å². The third-order valence-electron chi connectivity index (χ3n) is 6.55. The van der Waals surface area contributed by atoms with Gasteiger partial charge in [-0.1, -0.05) is 11.6 Å². The van der Waals surface area contributed by atoms with Crippen LogP contribution in [-0.4, -0.2) is 45.8 Å². The van der Waals surface area contributed by atoms with Crippen LogP contribution in [0.15, 0.2) is 48.5 Å². The van der Waals surface area contributed by atoms with Crippen molar-refractivity contribution in [1.29, 1.82) is 0 Å². The summed E-state index contributed by atoms with van der Waals surface area (Å²) < 4.78 is 61.8. The number of aromatic nitrogens is 2. The number of alkyl halides is 3. The highest BCUT2D eigenvalue weighted by atomic mass is 35.5. The highest BCUT2D eigenvalue weighted by Gasteiger charge is 2.81. The van der Waals surface area contributed by atoms with Crippen molar-refractivity contribution in [2.45, 2.75) is 37.6 Å². The van der Waals surface area contributed by atoms with Crippen molar-refractivity contribution < 1.29 is 31.9 Å². The molecule has 0 bridgehead atoms. The minimum Gasteiger partial charge on any atom is -0.361 e. The van der Waals surface area contributed by atoms with E-state index in [0.717, 1.165) is 13.0 Å². The van der Waals surface area contributed by atoms with Crippen LogP contribution in [0.25, 0.3) is 16.9 Å². The molecule has 3 atom stereocenters. The lowest BCUT2D eigenvalue weighted by Crippen LogP contribution is -2.24. The number of carbonyl (C=O) groups excluding carboxylic acids is 2. The molecule has 1 saturated heterocycles. The molecule has 12 heteroatoms. The molecule has 0 spiro atoms. The summed E-state index contributed by atoms with van der Waals surface area (Å²) in [7, 11) is 0. The molecule has 1 aromatic heterocycles. The molecule has 1 aliphatic carbocycles. The van der Waals surface area contributed by atoms with Gasteiger partial charge in [-0.25, -0.2) is 13.5 Å². The van der Waals surface area contributed by atoms with E-state index >= 15 is 0 Å². The van der Waals surface area contributed by atoms with Crippen LogP contribution < -0.4 is 10.6 Å². The van der Waals surface area contributed by atoms with Gasteiger partial charge >= 0.3 is 5.92 Å². The van der Waals surface area contributed by atoms with Crippen LogP contribution in [0.3, 0.4) is 0 Å². The number of rotatable bonds is 7. The second kappa shape index (κ2) is 9.14. The first-order chi connectivity index (χ1) is 17.5. The van der Waals surface area contributed by atoms with Crippen molar-refractivity contribution in [3.05, 3.63) is 64.9 Å². The molecule has 2 N–H and O–H groups in total. The van der Waals surface area contributed by atoms with Crippen molar-refractivity contribution in [3.8, 4) is 16.9 Å². The molecule has 37 heavy (non-hydrogen) atoms. The monoisotopic (exact) mass is 536 g/mol. The maximum atomic E-state index is 14.6. The van der Waals surface area contributed by atoms with Gasteiger partial charge in [0.15, 0.2) is 11.4 Å². The minimum atomic E-state index is -3.61. The minimum absolute atomic E-state index is 0.0571. The Balaban J connectivity index is 1.46. The van der Waals surface area contributed by atoms with Crippen LogP contribution in [0.5, 0.6) is 0 Å². The van der Waals surface area contributed by atoms with Crippen LogP contribution >= 0.6 is 11.6 Å². The molecule has 3 aromatic rings. The number of halogens is 5. The lowest BCUT2D eigenvalue weighted by Gasteiger charge is -2.13. The van der Waals surface area contributed by atoms with E-state index in [0.29, 0.717) is 22.0 Å². The van der Waals surface area contributed by atoms with Gasteiger partial charge in [0.2, 0.25) is 18.0 Å². The SMILES string of the molecule is CC1(OCc2cc(F)cc(-c3cc(NC(=O)[C@@H]4CNC(=O)C4)nn3-c3ccc(Cl)cc3)c2)C(F)C1(F)F. The molecule has 194 valence electrons. The number of nitrogens with one attached hydrogen (secondary N) is 2. The Hall–Kier alpha value is -3.44. The maximum absolute atomic E-state index is 14.6. The highest BCUT2D eigenvalue weighted by molar-refractivity contribution is 6.30.